The Bertz CT molecular complexity index is 473. The predicted molar refractivity (Wildman–Crippen MR) is 82.4 cm³/mol. The van der Waals surface area contributed by atoms with Crippen molar-refractivity contribution in [3.8, 4) is 6.07 Å². The molecule has 108 valence electrons. The highest BCUT2D eigenvalue weighted by Gasteiger charge is 2.34. The molecular weight excluding hydrogens is 246 g/mol. The maximum Gasteiger partial charge on any atom is 0.0995 e. The molecule has 0 radical (unpaired) electrons. The molecule has 1 fully saturated rings. The highest BCUT2D eigenvalue weighted by molar-refractivity contribution is 5.40. The van der Waals surface area contributed by atoms with Crippen molar-refractivity contribution in [1.29, 1.82) is 5.26 Å². The van der Waals surface area contributed by atoms with Crippen molar-refractivity contribution in [2.24, 2.45) is 5.92 Å². The minimum atomic E-state index is 0.354. The van der Waals surface area contributed by atoms with Crippen LogP contribution in [-0.4, -0.2) is 31.1 Å². The van der Waals surface area contributed by atoms with E-state index in [2.05, 4.69) is 42.3 Å². The average Bonchev–Trinajstić information content (AvgIpc) is 2.47. The third-order valence-corrected chi connectivity index (χ3v) is 4.32. The molecule has 0 saturated carbocycles. The normalized spacial score (nSPS) is 23.8. The maximum absolute atomic E-state index is 9.41. The molecule has 0 amide bonds. The van der Waals surface area contributed by atoms with Crippen LogP contribution in [0.2, 0.25) is 0 Å². The summed E-state index contributed by atoms with van der Waals surface area (Å²) in [6.07, 6.45) is 2.48. The number of hydrogen-bond acceptors (Lipinski definition) is 3. The summed E-state index contributed by atoms with van der Waals surface area (Å²) >= 11 is 0. The molecule has 20 heavy (non-hydrogen) atoms. The van der Waals surface area contributed by atoms with Gasteiger partial charge < -0.3 is 5.32 Å². The number of hydrogen-bond donors (Lipinski definition) is 1. The molecule has 0 aromatic heterocycles. The van der Waals surface area contributed by atoms with Gasteiger partial charge in [0.2, 0.25) is 0 Å². The van der Waals surface area contributed by atoms with Crippen molar-refractivity contribution in [1.82, 2.24) is 10.2 Å². The van der Waals surface area contributed by atoms with Gasteiger partial charge in [-0.2, -0.15) is 5.26 Å². The van der Waals surface area contributed by atoms with E-state index in [0.29, 0.717) is 18.0 Å². The summed E-state index contributed by atoms with van der Waals surface area (Å²) < 4.78 is 0. The maximum atomic E-state index is 9.41. The molecule has 1 aromatic rings. The first-order valence-corrected chi connectivity index (χ1v) is 7.58. The zero-order chi connectivity index (χ0) is 14.5. The van der Waals surface area contributed by atoms with Crippen LogP contribution >= 0.6 is 0 Å². The van der Waals surface area contributed by atoms with E-state index in [1.54, 1.807) is 0 Å². The number of nitriles is 1. The van der Waals surface area contributed by atoms with Gasteiger partial charge in [-0.3, -0.25) is 4.90 Å². The van der Waals surface area contributed by atoms with Crippen LogP contribution in [0.4, 0.5) is 0 Å². The van der Waals surface area contributed by atoms with Crippen LogP contribution in [0.3, 0.4) is 0 Å². The Balaban J connectivity index is 2.41. The number of nitrogens with zero attached hydrogens (tertiary/aromatic N) is 2. The van der Waals surface area contributed by atoms with E-state index in [1.807, 2.05) is 19.2 Å². The standard InChI is InChI=1S/C17H25N3/c1-13(2)20-10-6-8-15(12-19-3)17(20)16-9-5-4-7-14(16)11-18/h4-5,7,9,13,15,17,19H,6,8,10,12H2,1-3H3. The van der Waals surface area contributed by atoms with Crippen LogP contribution in [0, 0.1) is 17.2 Å². The van der Waals surface area contributed by atoms with Gasteiger partial charge in [0.1, 0.15) is 0 Å². The Labute approximate surface area is 122 Å². The average molecular weight is 271 g/mol. The molecule has 0 spiro atoms. The SMILES string of the molecule is CNCC1CCCN(C(C)C)C1c1ccccc1C#N. The van der Waals surface area contributed by atoms with Crippen molar-refractivity contribution < 1.29 is 0 Å². The Morgan fingerprint density at radius 2 is 2.15 bits per heavy atom. The number of piperidine rings is 1. The monoisotopic (exact) mass is 271 g/mol. The molecule has 1 aliphatic rings. The summed E-state index contributed by atoms with van der Waals surface area (Å²) in [7, 11) is 2.02. The molecule has 2 rings (SSSR count). The first-order chi connectivity index (χ1) is 9.69. The van der Waals surface area contributed by atoms with Crippen LogP contribution < -0.4 is 5.32 Å². The lowest BCUT2D eigenvalue weighted by molar-refractivity contribution is 0.0634. The van der Waals surface area contributed by atoms with Crippen molar-refractivity contribution in [2.75, 3.05) is 20.1 Å². The van der Waals surface area contributed by atoms with E-state index < -0.39 is 0 Å². The summed E-state index contributed by atoms with van der Waals surface area (Å²) in [4.78, 5) is 2.56. The van der Waals surface area contributed by atoms with Crippen LogP contribution in [-0.2, 0) is 0 Å². The Morgan fingerprint density at radius 1 is 1.40 bits per heavy atom. The molecule has 1 N–H and O–H groups in total. The lowest BCUT2D eigenvalue weighted by Crippen LogP contribution is -2.45. The topological polar surface area (TPSA) is 39.1 Å². The first kappa shape index (κ1) is 15.0. The molecule has 1 aliphatic heterocycles. The van der Waals surface area contributed by atoms with E-state index in [0.717, 1.165) is 18.7 Å². The van der Waals surface area contributed by atoms with Crippen LogP contribution in [0.15, 0.2) is 24.3 Å². The zero-order valence-corrected chi connectivity index (χ0v) is 12.8. The molecule has 0 aliphatic carbocycles. The van der Waals surface area contributed by atoms with Gasteiger partial charge in [0, 0.05) is 12.1 Å². The van der Waals surface area contributed by atoms with Crippen molar-refractivity contribution >= 4 is 0 Å². The second-order valence-electron chi connectivity index (χ2n) is 5.94. The number of rotatable bonds is 4. The minimum absolute atomic E-state index is 0.354. The van der Waals surface area contributed by atoms with E-state index in [-0.39, 0.29) is 0 Å². The van der Waals surface area contributed by atoms with Gasteiger partial charge >= 0.3 is 0 Å². The lowest BCUT2D eigenvalue weighted by atomic mass is 9.82. The Morgan fingerprint density at radius 3 is 2.80 bits per heavy atom. The molecule has 1 heterocycles. The predicted octanol–water partition coefficient (Wildman–Crippen LogP) is 2.94. The molecule has 2 atom stereocenters. The van der Waals surface area contributed by atoms with Crippen LogP contribution in [0.5, 0.6) is 0 Å². The molecule has 1 aromatic carbocycles. The molecule has 3 nitrogen and oxygen atoms in total. The lowest BCUT2D eigenvalue weighted by Gasteiger charge is -2.44. The summed E-state index contributed by atoms with van der Waals surface area (Å²) in [6, 6.07) is 11.3. The fourth-order valence-corrected chi connectivity index (χ4v) is 3.45. The fourth-order valence-electron chi connectivity index (χ4n) is 3.45. The summed E-state index contributed by atoms with van der Waals surface area (Å²) in [5, 5.41) is 12.7. The van der Waals surface area contributed by atoms with Gasteiger partial charge in [-0.1, -0.05) is 18.2 Å². The van der Waals surface area contributed by atoms with Gasteiger partial charge in [0.15, 0.2) is 0 Å². The van der Waals surface area contributed by atoms with Gasteiger partial charge in [-0.15, -0.1) is 0 Å². The van der Waals surface area contributed by atoms with Gasteiger partial charge in [0.25, 0.3) is 0 Å². The smallest absolute Gasteiger partial charge is 0.0995 e. The second-order valence-corrected chi connectivity index (χ2v) is 5.94. The molecular formula is C17H25N3. The quantitative estimate of drug-likeness (QED) is 0.915. The fraction of sp³-hybridized carbons (Fsp3) is 0.588. The molecule has 3 heteroatoms. The number of benzene rings is 1. The van der Waals surface area contributed by atoms with Crippen molar-refractivity contribution in [3.63, 3.8) is 0 Å². The van der Waals surface area contributed by atoms with Crippen molar-refractivity contribution in [2.45, 2.75) is 38.8 Å². The third kappa shape index (κ3) is 3.03. The van der Waals surface area contributed by atoms with Gasteiger partial charge in [-0.05, 0) is 64.4 Å². The highest BCUT2D eigenvalue weighted by atomic mass is 15.2. The summed E-state index contributed by atoms with van der Waals surface area (Å²) in [6.45, 7) is 6.64. The number of likely N-dealkylation sites (tertiary alicyclic amines) is 1. The van der Waals surface area contributed by atoms with E-state index in [1.165, 1.54) is 18.4 Å². The Hall–Kier alpha value is -1.37. The van der Waals surface area contributed by atoms with Crippen LogP contribution in [0.25, 0.3) is 0 Å². The highest BCUT2D eigenvalue weighted by Crippen LogP contribution is 2.38. The zero-order valence-electron chi connectivity index (χ0n) is 12.8. The molecule has 2 unspecified atom stereocenters. The minimum Gasteiger partial charge on any atom is -0.319 e. The number of nitrogens with one attached hydrogen (secondary N) is 1. The van der Waals surface area contributed by atoms with Crippen LogP contribution in [0.1, 0.15) is 43.9 Å². The molecule has 0 bridgehead atoms. The molecule has 1 saturated heterocycles. The van der Waals surface area contributed by atoms with Crippen molar-refractivity contribution in [3.05, 3.63) is 35.4 Å². The van der Waals surface area contributed by atoms with E-state index in [9.17, 15) is 5.26 Å². The summed E-state index contributed by atoms with van der Waals surface area (Å²) in [5.74, 6) is 0.575. The first-order valence-electron chi connectivity index (χ1n) is 7.58. The van der Waals surface area contributed by atoms with E-state index in [4.69, 9.17) is 0 Å². The summed E-state index contributed by atoms with van der Waals surface area (Å²) in [5.41, 5.74) is 2.02. The Kier molecular flexibility index (Phi) is 5.17. The van der Waals surface area contributed by atoms with E-state index >= 15 is 0 Å². The second kappa shape index (κ2) is 6.88. The van der Waals surface area contributed by atoms with Gasteiger partial charge in [-0.25, -0.2) is 0 Å². The largest absolute Gasteiger partial charge is 0.319 e. The third-order valence-electron chi connectivity index (χ3n) is 4.32. The van der Waals surface area contributed by atoms with Gasteiger partial charge in [0.05, 0.1) is 11.6 Å².